The molecule has 0 spiro atoms. The van der Waals surface area contributed by atoms with E-state index < -0.39 is 0 Å². The van der Waals surface area contributed by atoms with Crippen LogP contribution in [0.25, 0.3) is 0 Å². The molecule has 3 rings (SSSR count). The predicted molar refractivity (Wildman–Crippen MR) is 103 cm³/mol. The lowest BCUT2D eigenvalue weighted by molar-refractivity contribution is -0.122. The fourth-order valence-corrected chi connectivity index (χ4v) is 3.27. The van der Waals surface area contributed by atoms with E-state index in [9.17, 15) is 9.59 Å². The Kier molecular flexibility index (Phi) is 5.81. The van der Waals surface area contributed by atoms with Gasteiger partial charge in [-0.2, -0.15) is 0 Å². The Balaban J connectivity index is 1.83. The smallest absolute Gasteiger partial charge is 0.246 e. The van der Waals surface area contributed by atoms with Crippen LogP contribution in [0.3, 0.4) is 0 Å². The lowest BCUT2D eigenvalue weighted by Crippen LogP contribution is -2.48. The van der Waals surface area contributed by atoms with E-state index in [-0.39, 0.29) is 17.7 Å². The van der Waals surface area contributed by atoms with Gasteiger partial charge in [0.1, 0.15) is 6.04 Å². The van der Waals surface area contributed by atoms with Crippen molar-refractivity contribution in [3.05, 3.63) is 65.7 Å². The average Bonchev–Trinajstić information content (AvgIpc) is 2.64. The Bertz CT molecular complexity index is 768. The molecule has 1 aliphatic rings. The second kappa shape index (κ2) is 8.25. The summed E-state index contributed by atoms with van der Waals surface area (Å²) in [5, 5.41) is 3.00. The molecule has 0 bridgehead atoms. The Morgan fingerprint density at radius 3 is 2.31 bits per heavy atom. The summed E-state index contributed by atoms with van der Waals surface area (Å²) in [6, 6.07) is 16.6. The van der Waals surface area contributed by atoms with Gasteiger partial charge in [0.25, 0.3) is 0 Å². The number of nitrogens with zero attached hydrogens (tertiary/aromatic N) is 2. The molecule has 5 heteroatoms. The first-order valence-corrected chi connectivity index (χ1v) is 8.94. The number of amides is 1. The predicted octanol–water partition coefficient (Wildman–Crippen LogP) is 2.82. The van der Waals surface area contributed by atoms with Gasteiger partial charge < -0.3 is 10.2 Å². The van der Waals surface area contributed by atoms with Crippen LogP contribution in [0.4, 0.5) is 5.69 Å². The number of Topliss-reactive ketones (excluding diaryl/α,β-unsaturated/α-hetero) is 1. The van der Waals surface area contributed by atoms with Crippen LogP contribution in [0.5, 0.6) is 0 Å². The maximum absolute atomic E-state index is 13.1. The van der Waals surface area contributed by atoms with Crippen molar-refractivity contribution in [3.8, 4) is 0 Å². The van der Waals surface area contributed by atoms with Crippen molar-refractivity contribution in [3.63, 3.8) is 0 Å². The van der Waals surface area contributed by atoms with Gasteiger partial charge in [-0.1, -0.05) is 42.5 Å². The summed E-state index contributed by atoms with van der Waals surface area (Å²) in [4.78, 5) is 29.2. The molecule has 0 aromatic heterocycles. The highest BCUT2D eigenvalue weighted by molar-refractivity contribution is 5.98. The summed E-state index contributed by atoms with van der Waals surface area (Å²) in [5.74, 6) is -0.0822. The number of piperazine rings is 1. The molecule has 1 unspecified atom stereocenters. The second-order valence-corrected chi connectivity index (χ2v) is 6.78. The summed E-state index contributed by atoms with van der Waals surface area (Å²) < 4.78 is 0. The summed E-state index contributed by atoms with van der Waals surface area (Å²) in [7, 11) is 2.10. The first-order valence-electron chi connectivity index (χ1n) is 8.94. The minimum absolute atomic E-state index is 0.0141. The van der Waals surface area contributed by atoms with E-state index >= 15 is 0 Å². The van der Waals surface area contributed by atoms with E-state index in [1.807, 2.05) is 36.4 Å². The van der Waals surface area contributed by atoms with Gasteiger partial charge in [-0.25, -0.2) is 0 Å². The molecule has 2 aromatic carbocycles. The molecule has 1 fully saturated rings. The number of carbonyl (C=O) groups excluding carboxylic acids is 2. The van der Waals surface area contributed by atoms with Gasteiger partial charge >= 0.3 is 0 Å². The molecular formula is C21H25N3O2. The Morgan fingerprint density at radius 2 is 1.65 bits per heavy atom. The van der Waals surface area contributed by atoms with Crippen molar-refractivity contribution in [2.45, 2.75) is 13.0 Å². The minimum Gasteiger partial charge on any atom is -0.324 e. The standard InChI is InChI=1S/C21H25N3O2/c1-16(25)18-9-6-10-19(15-18)22-21(26)20(17-7-4-3-5-8-17)24-13-11-23(2)12-14-24/h3-10,15,20H,11-14H2,1-2H3,(H,22,26). The van der Waals surface area contributed by atoms with Crippen LogP contribution in [-0.2, 0) is 4.79 Å². The zero-order valence-corrected chi connectivity index (χ0v) is 15.3. The highest BCUT2D eigenvalue weighted by atomic mass is 16.2. The molecule has 1 N–H and O–H groups in total. The molecular weight excluding hydrogens is 326 g/mol. The van der Waals surface area contributed by atoms with Crippen LogP contribution in [0.1, 0.15) is 28.9 Å². The van der Waals surface area contributed by atoms with Gasteiger partial charge in [-0.15, -0.1) is 0 Å². The monoisotopic (exact) mass is 351 g/mol. The average molecular weight is 351 g/mol. The fraction of sp³-hybridized carbons (Fsp3) is 0.333. The molecule has 136 valence electrons. The summed E-state index contributed by atoms with van der Waals surface area (Å²) in [6.45, 7) is 5.10. The molecule has 0 aliphatic carbocycles. The lowest BCUT2D eigenvalue weighted by atomic mass is 10.0. The van der Waals surface area contributed by atoms with E-state index in [1.54, 1.807) is 18.2 Å². The number of rotatable bonds is 5. The topological polar surface area (TPSA) is 52.7 Å². The van der Waals surface area contributed by atoms with Crippen LogP contribution in [-0.4, -0.2) is 54.7 Å². The largest absolute Gasteiger partial charge is 0.324 e. The van der Waals surface area contributed by atoms with E-state index in [0.29, 0.717) is 11.3 Å². The van der Waals surface area contributed by atoms with E-state index in [2.05, 4.69) is 22.2 Å². The normalized spacial score (nSPS) is 16.8. The quantitative estimate of drug-likeness (QED) is 0.842. The van der Waals surface area contributed by atoms with Gasteiger partial charge in [0, 0.05) is 37.4 Å². The highest BCUT2D eigenvalue weighted by Crippen LogP contribution is 2.24. The van der Waals surface area contributed by atoms with Gasteiger partial charge in [0.15, 0.2) is 5.78 Å². The highest BCUT2D eigenvalue weighted by Gasteiger charge is 2.29. The molecule has 1 amide bonds. The number of benzene rings is 2. The number of carbonyl (C=O) groups is 2. The molecule has 1 saturated heterocycles. The van der Waals surface area contributed by atoms with E-state index in [1.165, 1.54) is 6.92 Å². The number of hydrogen-bond donors (Lipinski definition) is 1. The van der Waals surface area contributed by atoms with Crippen LogP contribution in [0.15, 0.2) is 54.6 Å². The zero-order chi connectivity index (χ0) is 18.5. The number of hydrogen-bond acceptors (Lipinski definition) is 4. The summed E-state index contributed by atoms with van der Waals surface area (Å²) >= 11 is 0. The third kappa shape index (κ3) is 4.36. The molecule has 0 radical (unpaired) electrons. The molecule has 2 aromatic rings. The lowest BCUT2D eigenvalue weighted by Gasteiger charge is -2.37. The van der Waals surface area contributed by atoms with Crippen molar-refractivity contribution in [2.75, 3.05) is 38.5 Å². The molecule has 26 heavy (non-hydrogen) atoms. The molecule has 0 saturated carbocycles. The minimum atomic E-state index is -0.342. The molecule has 1 atom stereocenters. The maximum atomic E-state index is 13.1. The molecule has 5 nitrogen and oxygen atoms in total. The summed E-state index contributed by atoms with van der Waals surface area (Å²) in [5.41, 5.74) is 2.23. The van der Waals surface area contributed by atoms with Crippen molar-refractivity contribution in [1.82, 2.24) is 9.80 Å². The molecule has 1 heterocycles. The van der Waals surface area contributed by atoms with Crippen LogP contribution >= 0.6 is 0 Å². The van der Waals surface area contributed by atoms with Crippen LogP contribution in [0.2, 0.25) is 0 Å². The van der Waals surface area contributed by atoms with Gasteiger partial charge in [-0.3, -0.25) is 14.5 Å². The Labute approximate surface area is 154 Å². The van der Waals surface area contributed by atoms with Crippen molar-refractivity contribution in [1.29, 1.82) is 0 Å². The van der Waals surface area contributed by atoms with Gasteiger partial charge in [-0.05, 0) is 31.7 Å². The number of ketones is 1. The first kappa shape index (κ1) is 18.3. The van der Waals surface area contributed by atoms with Crippen molar-refractivity contribution >= 4 is 17.4 Å². The van der Waals surface area contributed by atoms with Crippen LogP contribution in [0, 0.1) is 0 Å². The third-order valence-electron chi connectivity index (χ3n) is 4.80. The third-order valence-corrected chi connectivity index (χ3v) is 4.80. The van der Waals surface area contributed by atoms with Gasteiger partial charge in [0.05, 0.1) is 0 Å². The van der Waals surface area contributed by atoms with E-state index in [4.69, 9.17) is 0 Å². The second-order valence-electron chi connectivity index (χ2n) is 6.78. The number of likely N-dealkylation sites (N-methyl/N-ethyl adjacent to an activating group) is 1. The van der Waals surface area contributed by atoms with Crippen molar-refractivity contribution < 1.29 is 9.59 Å². The Hall–Kier alpha value is -2.50. The Morgan fingerprint density at radius 1 is 0.962 bits per heavy atom. The number of anilines is 1. The maximum Gasteiger partial charge on any atom is 0.246 e. The van der Waals surface area contributed by atoms with Gasteiger partial charge in [0.2, 0.25) is 5.91 Å². The summed E-state index contributed by atoms with van der Waals surface area (Å²) in [6.07, 6.45) is 0. The fourth-order valence-electron chi connectivity index (χ4n) is 3.27. The van der Waals surface area contributed by atoms with Crippen LogP contribution < -0.4 is 5.32 Å². The SMILES string of the molecule is CC(=O)c1cccc(NC(=O)C(c2ccccc2)N2CCN(C)CC2)c1. The molecule has 1 aliphatic heterocycles. The number of nitrogens with one attached hydrogen (secondary N) is 1. The van der Waals surface area contributed by atoms with E-state index in [0.717, 1.165) is 31.7 Å². The van der Waals surface area contributed by atoms with Crippen molar-refractivity contribution in [2.24, 2.45) is 0 Å². The zero-order valence-electron chi connectivity index (χ0n) is 15.3. The first-order chi connectivity index (χ1) is 12.5.